The molecule has 1 amide bonds. The highest BCUT2D eigenvalue weighted by Crippen LogP contribution is 2.74. The maximum Gasteiger partial charge on any atom is 0.362 e. The Bertz CT molecular complexity index is 2210. The number of fused-ring (bicyclic) bond motifs is 5. The lowest BCUT2D eigenvalue weighted by atomic mass is 9.36. The number of esters is 3. The van der Waals surface area contributed by atoms with Crippen molar-refractivity contribution in [3.63, 3.8) is 0 Å². The number of aliphatic hydroxyl groups excluding tert-OH is 1. The van der Waals surface area contributed by atoms with Crippen LogP contribution in [-0.2, 0) is 44.8 Å². The fraction of sp³-hybridized carbons (Fsp3) is 0.588. The van der Waals surface area contributed by atoms with Crippen LogP contribution in [0.5, 0.6) is 0 Å². The standard InChI is InChI=1S/C51H66N2O12S2/c1-31(2)12-11-15-37(48(59)62-30-34-13-9-8-10-14-34)45-39-28-40(55)46-49(5)24-21-41(32(3)38(49)20-25-50(46,6)51(39,7)29-42(45)63-33(4)54)64-44(57)23-27-67-66-26-22-43(56)52-65-47(58)35-16-18-36(19-17-35)53(60)61/h8-10,12-14,16-19,32,38-42,46,55H,11,15,20-30H2,1-7H3,(H,52,56)/b45-37-/t32-,38-,39-,40+,41+,42-,46-,49-,50-,51-/m0/s1. The summed E-state index contributed by atoms with van der Waals surface area (Å²) in [5.41, 5.74) is 4.33. The summed E-state index contributed by atoms with van der Waals surface area (Å²) in [6.07, 6.45) is 6.03. The summed E-state index contributed by atoms with van der Waals surface area (Å²) >= 11 is 0. The zero-order chi connectivity index (χ0) is 48.7. The second-order valence-corrected chi connectivity index (χ2v) is 22.4. The molecule has 2 aromatic carbocycles. The highest BCUT2D eigenvalue weighted by Gasteiger charge is 2.71. The molecular formula is C51H66N2O12S2. The van der Waals surface area contributed by atoms with Crippen LogP contribution >= 0.6 is 21.6 Å². The van der Waals surface area contributed by atoms with Gasteiger partial charge in [0.25, 0.3) is 11.6 Å². The van der Waals surface area contributed by atoms with E-state index < -0.39 is 46.4 Å². The summed E-state index contributed by atoms with van der Waals surface area (Å²) in [5, 5.41) is 23.4. The average Bonchev–Trinajstić information content (AvgIpc) is 3.56. The Labute approximate surface area is 401 Å². The van der Waals surface area contributed by atoms with Gasteiger partial charge in [0, 0.05) is 42.6 Å². The first kappa shape index (κ1) is 51.7. The van der Waals surface area contributed by atoms with E-state index in [0.717, 1.165) is 36.0 Å². The molecule has 0 aliphatic heterocycles. The monoisotopic (exact) mass is 962 g/mol. The molecule has 67 heavy (non-hydrogen) atoms. The SMILES string of the molecule is CC(=O)O[C@H]1C[C@@]2(C)[C@@H](C[C@@H](O)[C@H]3[C@@]4(C)CC[C@@H](OC(=O)CCSSCCC(=O)NOC(=O)c5ccc([N+](=O)[O-])cc5)[C@@H](C)[C@@H]4CC[C@@]32C)/C1=C(\CCC=C(C)C)C(=O)OCc1ccccc1. The first-order chi connectivity index (χ1) is 31.8. The lowest BCUT2D eigenvalue weighted by Crippen LogP contribution is -2.65. The molecule has 0 saturated heterocycles. The lowest BCUT2D eigenvalue weighted by molar-refractivity contribution is -0.384. The summed E-state index contributed by atoms with van der Waals surface area (Å²) < 4.78 is 18.3. The van der Waals surface area contributed by atoms with Crippen molar-refractivity contribution in [3.8, 4) is 0 Å². The third kappa shape index (κ3) is 11.6. The van der Waals surface area contributed by atoms with Crippen LogP contribution in [0.15, 0.2) is 77.4 Å². The summed E-state index contributed by atoms with van der Waals surface area (Å²) in [6.45, 7) is 14.7. The van der Waals surface area contributed by atoms with Gasteiger partial charge in [0.15, 0.2) is 0 Å². The molecule has 4 fully saturated rings. The minimum absolute atomic E-state index is 0.0573. The van der Waals surface area contributed by atoms with Crippen molar-refractivity contribution in [3.05, 3.63) is 98.6 Å². The van der Waals surface area contributed by atoms with Crippen LogP contribution in [0.3, 0.4) is 0 Å². The van der Waals surface area contributed by atoms with Crippen LogP contribution in [-0.4, -0.2) is 69.6 Å². The van der Waals surface area contributed by atoms with E-state index in [4.69, 9.17) is 19.0 Å². The number of nitrogens with zero attached hydrogens (tertiary/aromatic N) is 1. The van der Waals surface area contributed by atoms with Gasteiger partial charge in [-0.1, -0.05) is 91.3 Å². The molecule has 4 aliphatic carbocycles. The number of nitro groups is 1. The van der Waals surface area contributed by atoms with E-state index in [-0.39, 0.29) is 77.3 Å². The van der Waals surface area contributed by atoms with Crippen LogP contribution in [0.2, 0.25) is 0 Å². The van der Waals surface area contributed by atoms with E-state index in [2.05, 4.69) is 39.3 Å². The second-order valence-electron chi connectivity index (χ2n) is 19.7. The Hall–Kier alpha value is -4.67. The van der Waals surface area contributed by atoms with Crippen molar-refractivity contribution in [1.29, 1.82) is 0 Å². The molecule has 364 valence electrons. The first-order valence-corrected chi connectivity index (χ1v) is 25.9. The Morgan fingerprint density at radius 2 is 1.58 bits per heavy atom. The smallest absolute Gasteiger partial charge is 0.362 e. The van der Waals surface area contributed by atoms with Gasteiger partial charge in [-0.15, -0.1) is 0 Å². The van der Waals surface area contributed by atoms with Crippen LogP contribution in [0.25, 0.3) is 0 Å². The minimum atomic E-state index is -0.843. The number of non-ortho nitro benzene ring substituents is 1. The van der Waals surface area contributed by atoms with Crippen molar-refractivity contribution >= 4 is 57.1 Å². The van der Waals surface area contributed by atoms with Gasteiger partial charge in [0.05, 0.1) is 23.0 Å². The number of amides is 1. The Balaban J connectivity index is 1.06. The summed E-state index contributed by atoms with van der Waals surface area (Å²) in [5.74, 6) is -1.57. The fourth-order valence-electron chi connectivity index (χ4n) is 12.3. The van der Waals surface area contributed by atoms with Crippen LogP contribution in [0, 0.1) is 50.0 Å². The van der Waals surface area contributed by atoms with Crippen LogP contribution < -0.4 is 5.48 Å². The molecular weight excluding hydrogens is 897 g/mol. The van der Waals surface area contributed by atoms with E-state index in [1.54, 1.807) is 0 Å². The Morgan fingerprint density at radius 1 is 0.896 bits per heavy atom. The highest BCUT2D eigenvalue weighted by molar-refractivity contribution is 8.76. The number of carbonyl (C=O) groups is 5. The number of aliphatic hydroxyl groups is 1. The lowest BCUT2D eigenvalue weighted by Gasteiger charge is -2.69. The minimum Gasteiger partial charge on any atom is -0.462 e. The van der Waals surface area contributed by atoms with E-state index in [1.807, 2.05) is 44.2 Å². The normalized spacial score (nSPS) is 30.3. The molecule has 0 radical (unpaired) electrons. The second kappa shape index (κ2) is 22.2. The molecule has 4 saturated carbocycles. The average molecular weight is 963 g/mol. The summed E-state index contributed by atoms with van der Waals surface area (Å²) in [6, 6.07) is 14.4. The van der Waals surface area contributed by atoms with Gasteiger partial charge >= 0.3 is 23.9 Å². The molecule has 14 nitrogen and oxygen atoms in total. The van der Waals surface area contributed by atoms with E-state index in [1.165, 1.54) is 52.8 Å². The number of ether oxygens (including phenoxy) is 3. The maximum atomic E-state index is 14.2. The highest BCUT2D eigenvalue weighted by atomic mass is 33.1. The van der Waals surface area contributed by atoms with Crippen molar-refractivity contribution in [2.24, 2.45) is 39.9 Å². The van der Waals surface area contributed by atoms with E-state index in [0.29, 0.717) is 49.2 Å². The zero-order valence-corrected chi connectivity index (χ0v) is 41.3. The molecule has 0 unspecified atom stereocenters. The number of benzene rings is 2. The number of hydrogen-bond acceptors (Lipinski definition) is 14. The zero-order valence-electron chi connectivity index (χ0n) is 39.7. The molecule has 16 heteroatoms. The van der Waals surface area contributed by atoms with Crippen LogP contribution in [0.1, 0.15) is 129 Å². The summed E-state index contributed by atoms with van der Waals surface area (Å²) in [7, 11) is 2.86. The largest absolute Gasteiger partial charge is 0.462 e. The Kier molecular flexibility index (Phi) is 17.1. The number of carbonyl (C=O) groups excluding carboxylic acids is 5. The van der Waals surface area contributed by atoms with Gasteiger partial charge in [0.2, 0.25) is 0 Å². The third-order valence-corrected chi connectivity index (χ3v) is 17.9. The molecule has 0 spiro atoms. The number of nitrogens with one attached hydrogen (secondary N) is 1. The molecule has 2 aromatic rings. The van der Waals surface area contributed by atoms with E-state index >= 15 is 0 Å². The molecule has 10 atom stereocenters. The number of allylic oxidation sites excluding steroid dienone is 2. The summed E-state index contributed by atoms with van der Waals surface area (Å²) in [4.78, 5) is 79.7. The van der Waals surface area contributed by atoms with Gasteiger partial charge in [-0.3, -0.25) is 24.5 Å². The quantitative estimate of drug-likeness (QED) is 0.0222. The maximum absolute atomic E-state index is 14.2. The molecule has 0 aromatic heterocycles. The number of hydrogen-bond donors (Lipinski definition) is 2. The molecule has 0 bridgehead atoms. The number of hydroxylamine groups is 1. The molecule has 4 aliphatic rings. The van der Waals surface area contributed by atoms with Crippen molar-refractivity contribution in [2.45, 2.75) is 138 Å². The van der Waals surface area contributed by atoms with Gasteiger partial charge in [-0.25, -0.2) is 9.59 Å². The molecule has 2 N–H and O–H groups in total. The molecule has 6 rings (SSSR count). The topological polar surface area (TPSA) is 198 Å². The van der Waals surface area contributed by atoms with Crippen LogP contribution in [0.4, 0.5) is 5.69 Å². The predicted molar refractivity (Wildman–Crippen MR) is 256 cm³/mol. The number of nitro benzene ring substituents is 1. The van der Waals surface area contributed by atoms with Crippen molar-refractivity contribution < 1.29 is 53.1 Å². The van der Waals surface area contributed by atoms with Gasteiger partial charge < -0.3 is 24.2 Å². The third-order valence-electron chi connectivity index (χ3n) is 15.5. The number of rotatable bonds is 17. The van der Waals surface area contributed by atoms with Gasteiger partial charge in [-0.2, -0.15) is 5.48 Å². The molecule has 0 heterocycles. The Morgan fingerprint density at radius 3 is 2.24 bits per heavy atom. The predicted octanol–water partition coefficient (Wildman–Crippen LogP) is 9.83. The fourth-order valence-corrected chi connectivity index (χ4v) is 14.2. The van der Waals surface area contributed by atoms with Gasteiger partial charge in [0.1, 0.15) is 18.8 Å². The van der Waals surface area contributed by atoms with Crippen molar-refractivity contribution in [1.82, 2.24) is 5.48 Å². The van der Waals surface area contributed by atoms with E-state index in [9.17, 15) is 39.2 Å². The first-order valence-electron chi connectivity index (χ1n) is 23.4. The van der Waals surface area contributed by atoms with Gasteiger partial charge in [-0.05, 0) is 128 Å². The van der Waals surface area contributed by atoms with Crippen molar-refractivity contribution in [2.75, 3.05) is 11.5 Å².